The largest absolute Gasteiger partial charge is 0.369 e. The number of nitrogens with zero attached hydrogens (tertiary/aromatic N) is 3. The van der Waals surface area contributed by atoms with E-state index in [1.807, 2.05) is 26.1 Å². The van der Waals surface area contributed by atoms with Crippen molar-refractivity contribution in [3.8, 4) is 6.07 Å². The van der Waals surface area contributed by atoms with Crippen molar-refractivity contribution >= 4 is 5.82 Å². The summed E-state index contributed by atoms with van der Waals surface area (Å²) in [4.78, 5) is 4.34. The lowest BCUT2D eigenvalue weighted by Crippen LogP contribution is -2.07. The van der Waals surface area contributed by atoms with E-state index in [9.17, 15) is 0 Å². The molecule has 5 nitrogen and oxygen atoms in total. The molecule has 0 aliphatic rings. The monoisotopic (exact) mass is 255 g/mol. The molecule has 0 spiro atoms. The summed E-state index contributed by atoms with van der Waals surface area (Å²) >= 11 is 0. The van der Waals surface area contributed by atoms with Gasteiger partial charge >= 0.3 is 0 Å². The third-order valence-electron chi connectivity index (χ3n) is 3.00. The zero-order chi connectivity index (χ0) is 13.7. The lowest BCUT2D eigenvalue weighted by Gasteiger charge is -2.07. The van der Waals surface area contributed by atoms with Crippen molar-refractivity contribution in [2.75, 3.05) is 11.9 Å². The molecule has 0 amide bonds. The zero-order valence-electron chi connectivity index (χ0n) is 11.2. The molecule has 0 aliphatic carbocycles. The fourth-order valence-corrected chi connectivity index (χ4v) is 1.90. The first-order valence-electron chi connectivity index (χ1n) is 6.31. The highest BCUT2D eigenvalue weighted by atomic mass is 15.1. The Morgan fingerprint density at radius 1 is 1.37 bits per heavy atom. The molecule has 0 unspecified atom stereocenters. The molecule has 2 aromatic rings. The number of hydrogen-bond donors (Lipinski definition) is 2. The molecule has 98 valence electrons. The highest BCUT2D eigenvalue weighted by Crippen LogP contribution is 2.12. The third kappa shape index (κ3) is 3.32. The first kappa shape index (κ1) is 13.1. The average molecular weight is 255 g/mol. The maximum Gasteiger partial charge on any atom is 0.144 e. The topological polar surface area (TPSA) is 77.4 Å². The van der Waals surface area contributed by atoms with Gasteiger partial charge in [0, 0.05) is 17.9 Å². The number of anilines is 1. The van der Waals surface area contributed by atoms with Crippen LogP contribution in [0.1, 0.15) is 28.9 Å². The summed E-state index contributed by atoms with van der Waals surface area (Å²) in [6.07, 6.45) is 3.80. The van der Waals surface area contributed by atoms with Crippen LogP contribution in [0.5, 0.6) is 0 Å². The minimum Gasteiger partial charge on any atom is -0.369 e. The van der Waals surface area contributed by atoms with Gasteiger partial charge in [0.05, 0.1) is 11.8 Å². The molecule has 0 saturated carbocycles. The Hall–Kier alpha value is -2.35. The van der Waals surface area contributed by atoms with Crippen molar-refractivity contribution in [3.05, 3.63) is 40.8 Å². The van der Waals surface area contributed by atoms with Crippen LogP contribution in [0.3, 0.4) is 0 Å². The predicted molar refractivity (Wildman–Crippen MR) is 73.8 cm³/mol. The van der Waals surface area contributed by atoms with Gasteiger partial charge in [0.25, 0.3) is 0 Å². The Balaban J connectivity index is 1.88. The van der Waals surface area contributed by atoms with E-state index in [1.165, 1.54) is 5.56 Å². The number of H-pyrrole nitrogens is 1. The van der Waals surface area contributed by atoms with Crippen LogP contribution in [0.25, 0.3) is 0 Å². The molecule has 0 saturated heterocycles. The second kappa shape index (κ2) is 6.01. The van der Waals surface area contributed by atoms with Gasteiger partial charge in [0.15, 0.2) is 0 Å². The molecule has 2 heterocycles. The zero-order valence-corrected chi connectivity index (χ0v) is 11.2. The normalized spacial score (nSPS) is 10.2. The molecule has 0 aliphatic heterocycles. The van der Waals surface area contributed by atoms with E-state index in [-0.39, 0.29) is 0 Å². The van der Waals surface area contributed by atoms with Crippen molar-refractivity contribution < 1.29 is 0 Å². The van der Waals surface area contributed by atoms with Gasteiger partial charge in [-0.1, -0.05) is 0 Å². The van der Waals surface area contributed by atoms with Crippen molar-refractivity contribution in [3.63, 3.8) is 0 Å². The average Bonchev–Trinajstić information content (AvgIpc) is 2.80. The molecule has 0 aromatic carbocycles. The highest BCUT2D eigenvalue weighted by molar-refractivity contribution is 5.52. The number of hydrogen-bond acceptors (Lipinski definition) is 4. The van der Waals surface area contributed by atoms with Crippen LogP contribution in [-0.4, -0.2) is 21.7 Å². The summed E-state index contributed by atoms with van der Waals surface area (Å²) in [5.74, 6) is 0.673. The molecular formula is C14H17N5. The van der Waals surface area contributed by atoms with Gasteiger partial charge < -0.3 is 5.32 Å². The van der Waals surface area contributed by atoms with Crippen molar-refractivity contribution in [2.45, 2.75) is 26.7 Å². The fourth-order valence-electron chi connectivity index (χ4n) is 1.90. The van der Waals surface area contributed by atoms with Crippen LogP contribution in [-0.2, 0) is 6.42 Å². The fraction of sp³-hybridized carbons (Fsp3) is 0.357. The second-order valence-electron chi connectivity index (χ2n) is 4.51. The van der Waals surface area contributed by atoms with E-state index < -0.39 is 0 Å². The minimum atomic E-state index is 0.588. The summed E-state index contributed by atoms with van der Waals surface area (Å²) < 4.78 is 0. The van der Waals surface area contributed by atoms with Crippen LogP contribution in [0, 0.1) is 25.2 Å². The Kier molecular flexibility index (Phi) is 4.14. The minimum absolute atomic E-state index is 0.588. The standard InChI is InChI=1S/C14H17N5/c1-10-5-6-12(8-15)14(18-10)16-7-3-4-13-9-17-19-11(13)2/h5-6,9H,3-4,7H2,1-2H3,(H,16,18)(H,17,19). The number of pyridine rings is 1. The maximum atomic E-state index is 9.01. The molecule has 2 N–H and O–H groups in total. The highest BCUT2D eigenvalue weighted by Gasteiger charge is 2.04. The lowest BCUT2D eigenvalue weighted by atomic mass is 10.1. The summed E-state index contributed by atoms with van der Waals surface area (Å²) in [7, 11) is 0. The van der Waals surface area contributed by atoms with Gasteiger partial charge in [0.1, 0.15) is 11.9 Å². The van der Waals surface area contributed by atoms with Gasteiger partial charge in [-0.25, -0.2) is 4.98 Å². The van der Waals surface area contributed by atoms with Gasteiger partial charge in [-0.15, -0.1) is 0 Å². The number of aromatic amines is 1. The molecule has 19 heavy (non-hydrogen) atoms. The molecule has 0 radical (unpaired) electrons. The molecule has 0 bridgehead atoms. The SMILES string of the molecule is Cc1ccc(C#N)c(NCCCc2cn[nH]c2C)n1. The first-order chi connectivity index (χ1) is 9.20. The second-order valence-corrected chi connectivity index (χ2v) is 4.51. The van der Waals surface area contributed by atoms with Gasteiger partial charge in [-0.2, -0.15) is 10.4 Å². The molecule has 2 aromatic heterocycles. The van der Waals surface area contributed by atoms with Gasteiger partial charge in [0.2, 0.25) is 0 Å². The van der Waals surface area contributed by atoms with E-state index in [4.69, 9.17) is 5.26 Å². The van der Waals surface area contributed by atoms with E-state index in [1.54, 1.807) is 6.07 Å². The molecular weight excluding hydrogens is 238 g/mol. The van der Waals surface area contributed by atoms with Crippen LogP contribution < -0.4 is 5.32 Å². The quantitative estimate of drug-likeness (QED) is 0.804. The summed E-state index contributed by atoms with van der Waals surface area (Å²) in [6, 6.07) is 5.79. The first-order valence-corrected chi connectivity index (χ1v) is 6.31. The third-order valence-corrected chi connectivity index (χ3v) is 3.00. The molecule has 0 atom stereocenters. The van der Waals surface area contributed by atoms with E-state index in [0.717, 1.165) is 30.8 Å². The van der Waals surface area contributed by atoms with Crippen molar-refractivity contribution in [1.82, 2.24) is 15.2 Å². The predicted octanol–water partition coefficient (Wildman–Crippen LogP) is 2.34. The number of nitrogens with one attached hydrogen (secondary N) is 2. The lowest BCUT2D eigenvalue weighted by molar-refractivity contribution is 0.852. The van der Waals surface area contributed by atoms with Crippen LogP contribution >= 0.6 is 0 Å². The molecule has 0 fully saturated rings. The number of nitriles is 1. The number of rotatable bonds is 5. The van der Waals surface area contributed by atoms with Crippen molar-refractivity contribution in [2.24, 2.45) is 0 Å². The Morgan fingerprint density at radius 3 is 2.89 bits per heavy atom. The summed E-state index contributed by atoms with van der Waals surface area (Å²) in [5.41, 5.74) is 3.85. The van der Waals surface area contributed by atoms with Gasteiger partial charge in [-0.3, -0.25) is 5.10 Å². The van der Waals surface area contributed by atoms with E-state index >= 15 is 0 Å². The molecule has 2 rings (SSSR count). The van der Waals surface area contributed by atoms with Crippen LogP contribution in [0.2, 0.25) is 0 Å². The maximum absolute atomic E-state index is 9.01. The summed E-state index contributed by atoms with van der Waals surface area (Å²) in [6.45, 7) is 4.72. The number of aryl methyl sites for hydroxylation is 3. The Bertz CT molecular complexity index is 594. The Labute approximate surface area is 112 Å². The van der Waals surface area contributed by atoms with Crippen LogP contribution in [0.15, 0.2) is 18.3 Å². The van der Waals surface area contributed by atoms with Crippen LogP contribution in [0.4, 0.5) is 5.82 Å². The smallest absolute Gasteiger partial charge is 0.144 e. The number of aromatic nitrogens is 3. The van der Waals surface area contributed by atoms with E-state index in [0.29, 0.717) is 11.4 Å². The van der Waals surface area contributed by atoms with Crippen molar-refractivity contribution in [1.29, 1.82) is 5.26 Å². The Morgan fingerprint density at radius 2 is 2.21 bits per heavy atom. The van der Waals surface area contributed by atoms with Gasteiger partial charge in [-0.05, 0) is 44.4 Å². The van der Waals surface area contributed by atoms with E-state index in [2.05, 4.69) is 26.6 Å². The molecule has 5 heteroatoms. The summed E-state index contributed by atoms with van der Waals surface area (Å²) in [5, 5.41) is 19.2.